The van der Waals surface area contributed by atoms with E-state index in [1.54, 1.807) is 0 Å². The molecule has 4 heteroatoms. The summed E-state index contributed by atoms with van der Waals surface area (Å²) in [7, 11) is 0. The molecular formula is C13H24N4. The summed E-state index contributed by atoms with van der Waals surface area (Å²) in [6.07, 6.45) is 2.96. The highest BCUT2D eigenvalue weighted by atomic mass is 15.3. The summed E-state index contributed by atoms with van der Waals surface area (Å²) in [4.78, 5) is 4.49. The van der Waals surface area contributed by atoms with Gasteiger partial charge in [-0.1, -0.05) is 27.4 Å². The molecule has 0 bridgehead atoms. The molecule has 0 fully saturated rings. The second kappa shape index (κ2) is 7.22. The van der Waals surface area contributed by atoms with Crippen molar-refractivity contribution in [2.45, 2.75) is 46.6 Å². The summed E-state index contributed by atoms with van der Waals surface area (Å²) in [5.41, 5.74) is 1.15. The summed E-state index contributed by atoms with van der Waals surface area (Å²) in [6, 6.07) is 0. The van der Waals surface area contributed by atoms with Gasteiger partial charge >= 0.3 is 0 Å². The van der Waals surface area contributed by atoms with Crippen LogP contribution in [0.25, 0.3) is 0 Å². The first-order valence-corrected chi connectivity index (χ1v) is 6.51. The molecule has 96 valence electrons. The molecule has 0 amide bonds. The lowest BCUT2D eigenvalue weighted by molar-refractivity contribution is 0.603. The Morgan fingerprint density at radius 1 is 1.29 bits per heavy atom. The van der Waals surface area contributed by atoms with E-state index in [1.807, 2.05) is 4.68 Å². The van der Waals surface area contributed by atoms with Crippen LogP contribution in [0.15, 0.2) is 12.2 Å². The SMILES string of the molecule is C=C(CNCCC)Cn1nc(CC)nc1CC. The maximum atomic E-state index is 4.49. The van der Waals surface area contributed by atoms with Crippen molar-refractivity contribution in [3.63, 3.8) is 0 Å². The third kappa shape index (κ3) is 4.30. The third-order valence-corrected chi connectivity index (χ3v) is 2.60. The predicted molar refractivity (Wildman–Crippen MR) is 71.1 cm³/mol. The maximum absolute atomic E-state index is 4.49. The minimum Gasteiger partial charge on any atom is -0.313 e. The fourth-order valence-corrected chi connectivity index (χ4v) is 1.67. The van der Waals surface area contributed by atoms with E-state index >= 15 is 0 Å². The number of rotatable bonds is 8. The second-order valence-electron chi connectivity index (χ2n) is 4.24. The van der Waals surface area contributed by atoms with Crippen molar-refractivity contribution in [1.29, 1.82) is 0 Å². The zero-order valence-corrected chi connectivity index (χ0v) is 11.3. The number of aryl methyl sites for hydroxylation is 2. The van der Waals surface area contributed by atoms with Gasteiger partial charge in [0.1, 0.15) is 5.82 Å². The van der Waals surface area contributed by atoms with Gasteiger partial charge in [0.2, 0.25) is 0 Å². The van der Waals surface area contributed by atoms with E-state index in [9.17, 15) is 0 Å². The van der Waals surface area contributed by atoms with Crippen molar-refractivity contribution in [1.82, 2.24) is 20.1 Å². The standard InChI is InChI=1S/C13H24N4/c1-5-8-14-9-11(4)10-17-13(7-3)15-12(6-2)16-17/h14H,4-10H2,1-3H3. The molecule has 0 aliphatic rings. The van der Waals surface area contributed by atoms with E-state index in [2.05, 4.69) is 42.7 Å². The smallest absolute Gasteiger partial charge is 0.150 e. The average molecular weight is 236 g/mol. The van der Waals surface area contributed by atoms with Gasteiger partial charge in [0.25, 0.3) is 0 Å². The van der Waals surface area contributed by atoms with Gasteiger partial charge in [0.05, 0.1) is 6.54 Å². The Bertz CT molecular complexity index is 354. The van der Waals surface area contributed by atoms with E-state index in [0.717, 1.165) is 56.1 Å². The Hall–Kier alpha value is -1.16. The van der Waals surface area contributed by atoms with E-state index in [-0.39, 0.29) is 0 Å². The molecule has 0 spiro atoms. The summed E-state index contributed by atoms with van der Waals surface area (Å²) in [5, 5.41) is 7.84. The highest BCUT2D eigenvalue weighted by Gasteiger charge is 2.07. The van der Waals surface area contributed by atoms with Crippen molar-refractivity contribution in [2.24, 2.45) is 0 Å². The van der Waals surface area contributed by atoms with Crippen LogP contribution in [0.5, 0.6) is 0 Å². The van der Waals surface area contributed by atoms with Crippen LogP contribution in [-0.4, -0.2) is 27.9 Å². The zero-order chi connectivity index (χ0) is 12.7. The normalized spacial score (nSPS) is 10.8. The van der Waals surface area contributed by atoms with Gasteiger partial charge in [0, 0.05) is 19.4 Å². The fraction of sp³-hybridized carbons (Fsp3) is 0.692. The highest BCUT2D eigenvalue weighted by molar-refractivity contribution is 5.01. The minimum atomic E-state index is 0.771. The first kappa shape index (κ1) is 13.9. The van der Waals surface area contributed by atoms with Crippen molar-refractivity contribution in [3.05, 3.63) is 23.8 Å². The predicted octanol–water partition coefficient (Wildman–Crippen LogP) is 1.96. The van der Waals surface area contributed by atoms with E-state index in [0.29, 0.717) is 0 Å². The van der Waals surface area contributed by atoms with Crippen LogP contribution in [0.1, 0.15) is 38.8 Å². The van der Waals surface area contributed by atoms with Crippen LogP contribution in [0, 0.1) is 0 Å². The van der Waals surface area contributed by atoms with Gasteiger partial charge in [-0.3, -0.25) is 0 Å². The van der Waals surface area contributed by atoms with Crippen LogP contribution >= 0.6 is 0 Å². The molecule has 0 radical (unpaired) electrons. The van der Waals surface area contributed by atoms with E-state index < -0.39 is 0 Å². The van der Waals surface area contributed by atoms with Crippen LogP contribution in [-0.2, 0) is 19.4 Å². The van der Waals surface area contributed by atoms with Gasteiger partial charge in [-0.05, 0) is 18.5 Å². The lowest BCUT2D eigenvalue weighted by Crippen LogP contribution is -2.20. The molecule has 0 atom stereocenters. The summed E-state index contributed by atoms with van der Waals surface area (Å²) < 4.78 is 1.98. The molecule has 1 aromatic rings. The summed E-state index contributed by atoms with van der Waals surface area (Å²) in [5.74, 6) is 1.98. The summed E-state index contributed by atoms with van der Waals surface area (Å²) in [6.45, 7) is 13.1. The highest BCUT2D eigenvalue weighted by Crippen LogP contribution is 2.04. The lowest BCUT2D eigenvalue weighted by Gasteiger charge is -2.08. The van der Waals surface area contributed by atoms with E-state index in [1.165, 1.54) is 0 Å². The maximum Gasteiger partial charge on any atom is 0.150 e. The Labute approximate surface area is 104 Å². The third-order valence-electron chi connectivity index (χ3n) is 2.60. The number of aromatic nitrogens is 3. The van der Waals surface area contributed by atoms with Gasteiger partial charge in [-0.15, -0.1) is 0 Å². The van der Waals surface area contributed by atoms with E-state index in [4.69, 9.17) is 0 Å². The molecule has 1 aromatic heterocycles. The minimum absolute atomic E-state index is 0.771. The first-order valence-electron chi connectivity index (χ1n) is 6.51. The first-order chi connectivity index (χ1) is 8.21. The van der Waals surface area contributed by atoms with Crippen LogP contribution in [0.4, 0.5) is 0 Å². The van der Waals surface area contributed by atoms with Gasteiger partial charge < -0.3 is 5.32 Å². The quantitative estimate of drug-likeness (QED) is 0.554. The van der Waals surface area contributed by atoms with Gasteiger partial charge in [-0.2, -0.15) is 5.10 Å². The van der Waals surface area contributed by atoms with Crippen LogP contribution < -0.4 is 5.32 Å². The molecule has 1 heterocycles. The van der Waals surface area contributed by atoms with Crippen LogP contribution in [0.3, 0.4) is 0 Å². The van der Waals surface area contributed by atoms with Gasteiger partial charge in [0.15, 0.2) is 5.82 Å². The lowest BCUT2D eigenvalue weighted by atomic mass is 10.3. The van der Waals surface area contributed by atoms with Gasteiger partial charge in [-0.25, -0.2) is 9.67 Å². The van der Waals surface area contributed by atoms with Crippen molar-refractivity contribution in [2.75, 3.05) is 13.1 Å². The molecule has 0 aliphatic carbocycles. The molecule has 17 heavy (non-hydrogen) atoms. The second-order valence-corrected chi connectivity index (χ2v) is 4.24. The Balaban J connectivity index is 2.54. The monoisotopic (exact) mass is 236 g/mol. The largest absolute Gasteiger partial charge is 0.313 e. The Morgan fingerprint density at radius 2 is 2.06 bits per heavy atom. The Kier molecular flexibility index (Phi) is 5.91. The van der Waals surface area contributed by atoms with Crippen molar-refractivity contribution >= 4 is 0 Å². The fourth-order valence-electron chi connectivity index (χ4n) is 1.67. The molecular weight excluding hydrogens is 212 g/mol. The number of hydrogen-bond acceptors (Lipinski definition) is 3. The molecule has 1 rings (SSSR count). The topological polar surface area (TPSA) is 42.7 Å². The number of nitrogens with zero attached hydrogens (tertiary/aromatic N) is 3. The number of nitrogens with one attached hydrogen (secondary N) is 1. The Morgan fingerprint density at radius 3 is 2.65 bits per heavy atom. The zero-order valence-electron chi connectivity index (χ0n) is 11.3. The molecule has 0 saturated carbocycles. The molecule has 0 unspecified atom stereocenters. The molecule has 0 aliphatic heterocycles. The molecule has 1 N–H and O–H groups in total. The average Bonchev–Trinajstić information content (AvgIpc) is 2.71. The van der Waals surface area contributed by atoms with Crippen molar-refractivity contribution in [3.8, 4) is 0 Å². The molecule has 0 saturated heterocycles. The molecule has 4 nitrogen and oxygen atoms in total. The number of hydrogen-bond donors (Lipinski definition) is 1. The van der Waals surface area contributed by atoms with Crippen molar-refractivity contribution < 1.29 is 0 Å². The van der Waals surface area contributed by atoms with Crippen LogP contribution in [0.2, 0.25) is 0 Å². The summed E-state index contributed by atoms with van der Waals surface area (Å²) >= 11 is 0. The molecule has 0 aromatic carbocycles.